The second-order valence-electron chi connectivity index (χ2n) is 3.94. The van der Waals surface area contributed by atoms with Crippen LogP contribution in [-0.4, -0.2) is 10.9 Å². The zero-order valence-electron chi connectivity index (χ0n) is 10.1. The van der Waals surface area contributed by atoms with E-state index < -0.39 is 0 Å². The Morgan fingerprint density at radius 2 is 2.18 bits per heavy atom. The minimum absolute atomic E-state index is 0.138. The van der Waals surface area contributed by atoms with E-state index in [0.29, 0.717) is 5.13 Å². The average Bonchev–Trinajstić information content (AvgIpc) is 2.60. The average molecular weight is 246 g/mol. The molecule has 0 unspecified atom stereocenters. The molecule has 0 saturated carbocycles. The standard InChI is InChI=1S/C13H14N2OS/c1-4-5-11(16)14-13-15-12-9(3)6-8(2)7-10(12)17-13/h4-7H,1-3H3,(H,14,15,16)/b5-4-. The fraction of sp³-hybridized carbons (Fsp3) is 0.231. The molecule has 0 aliphatic rings. The summed E-state index contributed by atoms with van der Waals surface area (Å²) >= 11 is 1.50. The second kappa shape index (κ2) is 4.67. The molecule has 0 aliphatic heterocycles. The van der Waals surface area contributed by atoms with Gasteiger partial charge in [-0.25, -0.2) is 4.98 Å². The van der Waals surface area contributed by atoms with Crippen LogP contribution in [0.15, 0.2) is 24.3 Å². The number of hydrogen-bond donors (Lipinski definition) is 1. The maximum atomic E-state index is 11.4. The van der Waals surface area contributed by atoms with E-state index in [1.807, 2.05) is 13.8 Å². The van der Waals surface area contributed by atoms with Crippen LogP contribution in [0.2, 0.25) is 0 Å². The van der Waals surface area contributed by atoms with Crippen molar-refractivity contribution in [2.75, 3.05) is 5.32 Å². The van der Waals surface area contributed by atoms with Gasteiger partial charge in [0.2, 0.25) is 5.91 Å². The summed E-state index contributed by atoms with van der Waals surface area (Å²) in [6, 6.07) is 4.19. The molecule has 0 atom stereocenters. The Hall–Kier alpha value is -1.68. The monoisotopic (exact) mass is 246 g/mol. The normalized spacial score (nSPS) is 11.2. The lowest BCUT2D eigenvalue weighted by molar-refractivity contribution is -0.111. The van der Waals surface area contributed by atoms with Gasteiger partial charge in [-0.3, -0.25) is 10.1 Å². The van der Waals surface area contributed by atoms with Crippen LogP contribution in [0.4, 0.5) is 5.13 Å². The van der Waals surface area contributed by atoms with Crippen molar-refractivity contribution < 1.29 is 4.79 Å². The number of nitrogens with one attached hydrogen (secondary N) is 1. The van der Waals surface area contributed by atoms with E-state index in [-0.39, 0.29) is 5.91 Å². The van der Waals surface area contributed by atoms with Crippen LogP contribution in [0.3, 0.4) is 0 Å². The lowest BCUT2D eigenvalue weighted by atomic mass is 10.1. The quantitative estimate of drug-likeness (QED) is 0.825. The van der Waals surface area contributed by atoms with E-state index in [1.165, 1.54) is 23.0 Å². The van der Waals surface area contributed by atoms with Crippen molar-refractivity contribution in [3.8, 4) is 0 Å². The Labute approximate surface area is 104 Å². The molecule has 0 bridgehead atoms. The van der Waals surface area contributed by atoms with Gasteiger partial charge in [-0.15, -0.1) is 0 Å². The molecular weight excluding hydrogens is 232 g/mol. The summed E-state index contributed by atoms with van der Waals surface area (Å²) in [5.74, 6) is -0.138. The number of aryl methyl sites for hydroxylation is 2. The summed E-state index contributed by atoms with van der Waals surface area (Å²) in [6.07, 6.45) is 3.20. The van der Waals surface area contributed by atoms with Crippen LogP contribution in [-0.2, 0) is 4.79 Å². The molecule has 2 rings (SSSR count). The van der Waals surface area contributed by atoms with E-state index in [4.69, 9.17) is 0 Å². The molecule has 1 heterocycles. The smallest absolute Gasteiger partial charge is 0.249 e. The number of anilines is 1. The molecule has 0 saturated heterocycles. The molecule has 0 spiro atoms. The summed E-state index contributed by atoms with van der Waals surface area (Å²) in [6.45, 7) is 5.91. The zero-order chi connectivity index (χ0) is 12.4. The Balaban J connectivity index is 2.38. The number of amides is 1. The van der Waals surface area contributed by atoms with Crippen molar-refractivity contribution in [2.45, 2.75) is 20.8 Å². The molecule has 0 radical (unpaired) electrons. The number of rotatable bonds is 2. The van der Waals surface area contributed by atoms with E-state index in [9.17, 15) is 4.79 Å². The molecule has 2 aromatic rings. The van der Waals surface area contributed by atoms with Gasteiger partial charge in [0.1, 0.15) is 0 Å². The topological polar surface area (TPSA) is 42.0 Å². The SMILES string of the molecule is C/C=C\C(=O)Nc1nc2c(C)cc(C)cc2s1. The minimum atomic E-state index is -0.138. The van der Waals surface area contributed by atoms with Crippen LogP contribution >= 0.6 is 11.3 Å². The van der Waals surface area contributed by atoms with Crippen molar-refractivity contribution >= 4 is 32.6 Å². The maximum Gasteiger partial charge on any atom is 0.249 e. The highest BCUT2D eigenvalue weighted by Gasteiger charge is 2.08. The Bertz CT molecular complexity index is 599. The number of allylic oxidation sites excluding steroid dienone is 1. The number of benzene rings is 1. The highest BCUT2D eigenvalue weighted by Crippen LogP contribution is 2.29. The summed E-state index contributed by atoms with van der Waals surface area (Å²) in [4.78, 5) is 15.8. The molecule has 1 N–H and O–H groups in total. The molecular formula is C13H14N2OS. The van der Waals surface area contributed by atoms with Gasteiger partial charge in [-0.05, 0) is 44.0 Å². The lowest BCUT2D eigenvalue weighted by Gasteiger charge is -1.96. The number of aromatic nitrogens is 1. The Morgan fingerprint density at radius 1 is 1.41 bits per heavy atom. The summed E-state index contributed by atoms with van der Waals surface area (Å²) < 4.78 is 1.11. The van der Waals surface area contributed by atoms with Gasteiger partial charge >= 0.3 is 0 Å². The highest BCUT2D eigenvalue weighted by atomic mass is 32.1. The van der Waals surface area contributed by atoms with Crippen LogP contribution in [0.5, 0.6) is 0 Å². The third kappa shape index (κ3) is 2.53. The number of hydrogen-bond acceptors (Lipinski definition) is 3. The number of carbonyl (C=O) groups excluding carboxylic acids is 1. The molecule has 88 valence electrons. The van der Waals surface area contributed by atoms with Crippen molar-refractivity contribution in [3.05, 3.63) is 35.4 Å². The predicted octanol–water partition coefficient (Wildman–Crippen LogP) is 3.43. The zero-order valence-corrected chi connectivity index (χ0v) is 10.9. The molecule has 17 heavy (non-hydrogen) atoms. The van der Waals surface area contributed by atoms with Gasteiger partial charge in [-0.1, -0.05) is 23.5 Å². The highest BCUT2D eigenvalue weighted by molar-refractivity contribution is 7.22. The van der Waals surface area contributed by atoms with Crippen LogP contribution < -0.4 is 5.32 Å². The first kappa shape index (κ1) is 11.8. The fourth-order valence-electron chi connectivity index (χ4n) is 1.72. The summed E-state index contributed by atoms with van der Waals surface area (Å²) in [5, 5.41) is 3.41. The van der Waals surface area contributed by atoms with Gasteiger partial charge in [0.05, 0.1) is 10.2 Å². The minimum Gasteiger partial charge on any atom is -0.298 e. The van der Waals surface area contributed by atoms with Gasteiger partial charge in [0.25, 0.3) is 0 Å². The van der Waals surface area contributed by atoms with E-state index >= 15 is 0 Å². The van der Waals surface area contributed by atoms with Gasteiger partial charge < -0.3 is 0 Å². The molecule has 1 aromatic heterocycles. The third-order valence-corrected chi connectivity index (χ3v) is 3.30. The first-order valence-electron chi connectivity index (χ1n) is 5.41. The van der Waals surface area contributed by atoms with Crippen LogP contribution in [0.1, 0.15) is 18.1 Å². The predicted molar refractivity (Wildman–Crippen MR) is 72.5 cm³/mol. The molecule has 4 heteroatoms. The maximum absolute atomic E-state index is 11.4. The fourth-order valence-corrected chi connectivity index (χ4v) is 2.77. The molecule has 1 aromatic carbocycles. The van der Waals surface area contributed by atoms with Gasteiger partial charge in [0, 0.05) is 0 Å². The van der Waals surface area contributed by atoms with Gasteiger partial charge in [-0.2, -0.15) is 0 Å². The molecule has 0 aliphatic carbocycles. The number of thiazole rings is 1. The van der Waals surface area contributed by atoms with Crippen LogP contribution in [0, 0.1) is 13.8 Å². The van der Waals surface area contributed by atoms with E-state index in [1.54, 1.807) is 6.08 Å². The van der Waals surface area contributed by atoms with Crippen molar-refractivity contribution in [1.82, 2.24) is 4.98 Å². The van der Waals surface area contributed by atoms with Gasteiger partial charge in [0.15, 0.2) is 5.13 Å². The first-order chi connectivity index (χ1) is 8.10. The van der Waals surface area contributed by atoms with Crippen molar-refractivity contribution in [3.63, 3.8) is 0 Å². The van der Waals surface area contributed by atoms with E-state index in [2.05, 4.69) is 29.4 Å². The largest absolute Gasteiger partial charge is 0.298 e. The van der Waals surface area contributed by atoms with Crippen LogP contribution in [0.25, 0.3) is 10.2 Å². The third-order valence-electron chi connectivity index (χ3n) is 2.38. The van der Waals surface area contributed by atoms with Crippen molar-refractivity contribution in [1.29, 1.82) is 0 Å². The Kier molecular flexibility index (Phi) is 3.24. The molecule has 3 nitrogen and oxygen atoms in total. The number of fused-ring (bicyclic) bond motifs is 1. The van der Waals surface area contributed by atoms with E-state index in [0.717, 1.165) is 15.8 Å². The summed E-state index contributed by atoms with van der Waals surface area (Å²) in [7, 11) is 0. The van der Waals surface area contributed by atoms with Crippen molar-refractivity contribution in [2.24, 2.45) is 0 Å². The second-order valence-corrected chi connectivity index (χ2v) is 4.97. The Morgan fingerprint density at radius 3 is 2.88 bits per heavy atom. The number of nitrogens with zero attached hydrogens (tertiary/aromatic N) is 1. The first-order valence-corrected chi connectivity index (χ1v) is 6.23. The molecule has 0 fully saturated rings. The lowest BCUT2D eigenvalue weighted by Crippen LogP contribution is -2.06. The number of carbonyl (C=O) groups is 1. The summed E-state index contributed by atoms with van der Waals surface area (Å²) in [5.41, 5.74) is 3.32. The molecule has 1 amide bonds.